The summed E-state index contributed by atoms with van der Waals surface area (Å²) >= 11 is 12.5. The summed E-state index contributed by atoms with van der Waals surface area (Å²) in [4.78, 5) is 28.4. The van der Waals surface area contributed by atoms with Crippen molar-refractivity contribution in [3.05, 3.63) is 33.6 Å². The molecule has 5 nitrogen and oxygen atoms in total. The average molecular weight is 433 g/mol. The maximum atomic E-state index is 14.0. The molecule has 1 amide bonds. The van der Waals surface area contributed by atoms with Crippen molar-refractivity contribution >= 4 is 40.1 Å². The van der Waals surface area contributed by atoms with E-state index in [2.05, 4.69) is 30.6 Å². The first-order valence-electron chi connectivity index (χ1n) is 10.5. The molecule has 29 heavy (non-hydrogen) atoms. The topological polar surface area (TPSA) is 49.3 Å². The molecule has 2 aromatic rings. The zero-order chi connectivity index (χ0) is 20.6. The Hall–Kier alpha value is -1.43. The van der Waals surface area contributed by atoms with E-state index in [0.29, 0.717) is 15.6 Å². The fourth-order valence-electron chi connectivity index (χ4n) is 5.89. The summed E-state index contributed by atoms with van der Waals surface area (Å²) in [6.07, 6.45) is 1.81. The van der Waals surface area contributed by atoms with Crippen molar-refractivity contribution in [2.24, 2.45) is 5.41 Å². The molecule has 0 N–H and O–H groups in total. The predicted octanol–water partition coefficient (Wildman–Crippen LogP) is 4.26. The molecular formula is C22H26Cl2N4O. The Morgan fingerprint density at radius 1 is 1.10 bits per heavy atom. The molecule has 2 atom stereocenters. The number of fused-ring (bicyclic) bond motifs is 6. The summed E-state index contributed by atoms with van der Waals surface area (Å²) in [5.74, 6) is 0.470. The first-order valence-corrected chi connectivity index (χ1v) is 11.2. The van der Waals surface area contributed by atoms with Crippen LogP contribution in [0.2, 0.25) is 10.0 Å². The number of piperazine rings is 1. The monoisotopic (exact) mass is 432 g/mol. The van der Waals surface area contributed by atoms with Gasteiger partial charge in [-0.1, -0.05) is 44.0 Å². The maximum Gasteiger partial charge on any atom is 0.235 e. The Kier molecular flexibility index (Phi) is 4.40. The highest BCUT2D eigenvalue weighted by Gasteiger charge is 2.68. The van der Waals surface area contributed by atoms with Gasteiger partial charge in [0.1, 0.15) is 0 Å². The standard InChI is InChI=1S/C22H26Cl2N4O/c1-4-27-7-9-28(10-8-27)20(29)22-6-5-13(21(22,2)3)18-19(22)26-17-12-15(24)14(23)11-16(17)25-18/h11-13H,4-10H2,1-3H3. The van der Waals surface area contributed by atoms with Crippen molar-refractivity contribution in [1.82, 2.24) is 19.8 Å². The van der Waals surface area contributed by atoms with Gasteiger partial charge in [0.15, 0.2) is 0 Å². The molecule has 1 saturated heterocycles. The second kappa shape index (κ2) is 6.53. The third-order valence-corrected chi connectivity index (χ3v) is 8.44. The number of carbonyl (C=O) groups excluding carboxylic acids is 1. The van der Waals surface area contributed by atoms with Crippen LogP contribution in [0.25, 0.3) is 11.0 Å². The molecule has 1 saturated carbocycles. The molecule has 2 aliphatic carbocycles. The van der Waals surface area contributed by atoms with Crippen molar-refractivity contribution in [3.63, 3.8) is 0 Å². The molecule has 1 aromatic carbocycles. The SMILES string of the molecule is CCN1CCN(C(=O)C23CCC(c4nc5cc(Cl)c(Cl)cc5nc42)C3(C)C)CC1. The lowest BCUT2D eigenvalue weighted by molar-refractivity contribution is -0.142. The molecule has 2 unspecified atom stereocenters. The lowest BCUT2D eigenvalue weighted by Gasteiger charge is -2.43. The Bertz CT molecular complexity index is 1020. The Morgan fingerprint density at radius 2 is 1.72 bits per heavy atom. The van der Waals surface area contributed by atoms with Gasteiger partial charge in [0, 0.05) is 32.1 Å². The second-order valence-electron chi connectivity index (χ2n) is 9.16. The highest BCUT2D eigenvalue weighted by molar-refractivity contribution is 6.42. The minimum atomic E-state index is -0.602. The van der Waals surface area contributed by atoms with Crippen molar-refractivity contribution in [2.75, 3.05) is 32.7 Å². The van der Waals surface area contributed by atoms with E-state index in [0.717, 1.165) is 62.5 Å². The molecule has 3 aliphatic rings. The van der Waals surface area contributed by atoms with Gasteiger partial charge in [-0.25, -0.2) is 9.97 Å². The predicted molar refractivity (Wildman–Crippen MR) is 116 cm³/mol. The van der Waals surface area contributed by atoms with E-state index in [-0.39, 0.29) is 17.2 Å². The van der Waals surface area contributed by atoms with E-state index in [1.807, 2.05) is 0 Å². The van der Waals surface area contributed by atoms with E-state index in [1.54, 1.807) is 12.1 Å². The van der Waals surface area contributed by atoms with Crippen LogP contribution in [-0.4, -0.2) is 58.4 Å². The molecule has 7 heteroatoms. The van der Waals surface area contributed by atoms with E-state index >= 15 is 0 Å². The highest BCUT2D eigenvalue weighted by atomic mass is 35.5. The minimum Gasteiger partial charge on any atom is -0.339 e. The van der Waals surface area contributed by atoms with E-state index in [4.69, 9.17) is 33.2 Å². The average Bonchev–Trinajstić information content (AvgIpc) is 3.08. The van der Waals surface area contributed by atoms with Gasteiger partial charge in [-0.2, -0.15) is 0 Å². The van der Waals surface area contributed by atoms with Gasteiger partial charge in [-0.05, 0) is 36.9 Å². The first-order chi connectivity index (χ1) is 13.8. The van der Waals surface area contributed by atoms with Crippen molar-refractivity contribution in [2.45, 2.75) is 44.9 Å². The van der Waals surface area contributed by atoms with Gasteiger partial charge in [-0.3, -0.25) is 4.79 Å². The molecular weight excluding hydrogens is 407 g/mol. The number of nitrogens with zero attached hydrogens (tertiary/aromatic N) is 4. The zero-order valence-electron chi connectivity index (χ0n) is 17.1. The molecule has 2 bridgehead atoms. The lowest BCUT2D eigenvalue weighted by atomic mass is 9.67. The van der Waals surface area contributed by atoms with Gasteiger partial charge < -0.3 is 9.80 Å². The van der Waals surface area contributed by atoms with Crippen LogP contribution >= 0.6 is 23.2 Å². The Balaban J connectivity index is 1.63. The Labute approximate surface area is 181 Å². The first kappa shape index (κ1) is 19.5. The van der Waals surface area contributed by atoms with Gasteiger partial charge in [-0.15, -0.1) is 0 Å². The highest BCUT2D eigenvalue weighted by Crippen LogP contribution is 2.67. The third kappa shape index (κ3) is 2.53. The maximum absolute atomic E-state index is 14.0. The summed E-state index contributed by atoms with van der Waals surface area (Å²) < 4.78 is 0. The summed E-state index contributed by atoms with van der Waals surface area (Å²) in [7, 11) is 0. The molecule has 0 spiro atoms. The number of rotatable bonds is 2. The van der Waals surface area contributed by atoms with Crippen LogP contribution in [0.1, 0.15) is 50.9 Å². The van der Waals surface area contributed by atoms with E-state index in [9.17, 15) is 4.79 Å². The van der Waals surface area contributed by atoms with Crippen LogP contribution in [0.3, 0.4) is 0 Å². The number of benzene rings is 1. The number of halogens is 2. The van der Waals surface area contributed by atoms with Crippen molar-refractivity contribution in [3.8, 4) is 0 Å². The normalized spacial score (nSPS) is 28.2. The van der Waals surface area contributed by atoms with Crippen LogP contribution in [0, 0.1) is 5.41 Å². The van der Waals surface area contributed by atoms with Gasteiger partial charge >= 0.3 is 0 Å². The van der Waals surface area contributed by atoms with Crippen LogP contribution in [0.4, 0.5) is 0 Å². The van der Waals surface area contributed by atoms with Gasteiger partial charge in [0.05, 0.1) is 37.9 Å². The number of likely N-dealkylation sites (N-methyl/N-ethyl adjacent to an activating group) is 1. The minimum absolute atomic E-state index is 0.209. The Morgan fingerprint density at radius 3 is 2.34 bits per heavy atom. The molecule has 2 heterocycles. The molecule has 0 radical (unpaired) electrons. The van der Waals surface area contributed by atoms with Crippen LogP contribution in [0.15, 0.2) is 12.1 Å². The second-order valence-corrected chi connectivity index (χ2v) is 9.97. The van der Waals surface area contributed by atoms with Gasteiger partial charge in [0.25, 0.3) is 0 Å². The van der Waals surface area contributed by atoms with Crippen molar-refractivity contribution in [1.29, 1.82) is 0 Å². The van der Waals surface area contributed by atoms with Crippen LogP contribution < -0.4 is 0 Å². The summed E-state index contributed by atoms with van der Waals surface area (Å²) in [6, 6.07) is 3.55. The van der Waals surface area contributed by atoms with E-state index < -0.39 is 5.41 Å². The number of carbonyl (C=O) groups is 1. The summed E-state index contributed by atoms with van der Waals surface area (Å²) in [5, 5.41) is 0.947. The number of hydrogen-bond acceptors (Lipinski definition) is 4. The zero-order valence-corrected chi connectivity index (χ0v) is 18.6. The smallest absolute Gasteiger partial charge is 0.235 e. The number of amides is 1. The number of hydrogen-bond donors (Lipinski definition) is 0. The number of aromatic nitrogens is 2. The van der Waals surface area contributed by atoms with E-state index in [1.165, 1.54) is 0 Å². The molecule has 1 aromatic heterocycles. The molecule has 5 rings (SSSR count). The third-order valence-electron chi connectivity index (χ3n) is 7.72. The molecule has 1 aliphatic heterocycles. The summed E-state index contributed by atoms with van der Waals surface area (Å²) in [5.41, 5.74) is 2.50. The fraction of sp³-hybridized carbons (Fsp3) is 0.591. The van der Waals surface area contributed by atoms with Crippen molar-refractivity contribution < 1.29 is 4.79 Å². The lowest BCUT2D eigenvalue weighted by Crippen LogP contribution is -2.56. The fourth-order valence-corrected chi connectivity index (χ4v) is 6.20. The largest absolute Gasteiger partial charge is 0.339 e. The van der Waals surface area contributed by atoms with Crippen LogP contribution in [-0.2, 0) is 10.2 Å². The quantitative estimate of drug-likeness (QED) is 0.711. The molecule has 154 valence electrons. The van der Waals surface area contributed by atoms with Crippen LogP contribution in [0.5, 0.6) is 0 Å². The summed E-state index contributed by atoms with van der Waals surface area (Å²) in [6.45, 7) is 11.1. The van der Waals surface area contributed by atoms with Gasteiger partial charge in [0.2, 0.25) is 5.91 Å². The molecule has 2 fully saturated rings.